The first-order chi connectivity index (χ1) is 11.3. The van der Waals surface area contributed by atoms with E-state index >= 15 is 0 Å². The summed E-state index contributed by atoms with van der Waals surface area (Å²) in [6.45, 7) is 0.638. The first-order valence-electron chi connectivity index (χ1n) is 7.71. The monoisotopic (exact) mass is 349 g/mol. The number of nitrogens with zero attached hydrogens (tertiary/aromatic N) is 3. The van der Waals surface area contributed by atoms with Crippen LogP contribution in [0.5, 0.6) is 5.75 Å². The molecule has 1 fully saturated rings. The Morgan fingerprint density at radius 1 is 1.29 bits per heavy atom. The normalized spacial score (nSPS) is 20.5. The van der Waals surface area contributed by atoms with Gasteiger partial charge in [0.2, 0.25) is 0 Å². The summed E-state index contributed by atoms with van der Waals surface area (Å²) in [5.74, 6) is 0.423. The van der Waals surface area contributed by atoms with Crippen LogP contribution in [-0.4, -0.2) is 55.6 Å². The molecule has 2 aliphatic heterocycles. The van der Waals surface area contributed by atoms with Crippen LogP contribution in [-0.2, 0) is 10.2 Å². The highest BCUT2D eigenvalue weighted by Gasteiger charge is 2.45. The third kappa shape index (κ3) is 2.79. The number of carbonyl (C=O) groups excluding carboxylic acids is 1. The number of hydrogen-bond acceptors (Lipinski definition) is 5. The average molecular weight is 349 g/mol. The van der Waals surface area contributed by atoms with E-state index in [9.17, 15) is 13.2 Å². The van der Waals surface area contributed by atoms with E-state index in [1.165, 1.54) is 22.7 Å². The van der Waals surface area contributed by atoms with Gasteiger partial charge in [0.1, 0.15) is 11.4 Å². The van der Waals surface area contributed by atoms with Crippen molar-refractivity contribution in [2.45, 2.75) is 24.9 Å². The van der Waals surface area contributed by atoms with Gasteiger partial charge < -0.3 is 4.74 Å². The molecule has 0 radical (unpaired) electrons. The van der Waals surface area contributed by atoms with Gasteiger partial charge in [-0.05, 0) is 18.2 Å². The van der Waals surface area contributed by atoms with Gasteiger partial charge in [0.25, 0.3) is 10.2 Å². The van der Waals surface area contributed by atoms with Crippen molar-refractivity contribution in [3.05, 3.63) is 29.3 Å². The molecule has 0 saturated carbocycles. The number of rotatable bonds is 2. The predicted octanol–water partition coefficient (Wildman–Crippen LogP) is 1.16. The van der Waals surface area contributed by atoms with Crippen LogP contribution in [0, 0.1) is 11.3 Å². The summed E-state index contributed by atoms with van der Waals surface area (Å²) in [4.78, 5) is 12.5. The molecule has 0 unspecified atom stereocenters. The van der Waals surface area contributed by atoms with Gasteiger partial charge in [0, 0.05) is 40.0 Å². The molecule has 8 heteroatoms. The van der Waals surface area contributed by atoms with Crippen molar-refractivity contribution in [2.75, 3.05) is 27.2 Å². The molecule has 24 heavy (non-hydrogen) atoms. The van der Waals surface area contributed by atoms with Crippen LogP contribution < -0.4 is 4.74 Å². The van der Waals surface area contributed by atoms with Crippen LogP contribution in [0.1, 0.15) is 35.2 Å². The summed E-state index contributed by atoms with van der Waals surface area (Å²) < 4.78 is 33.1. The van der Waals surface area contributed by atoms with Gasteiger partial charge in [-0.2, -0.15) is 22.3 Å². The van der Waals surface area contributed by atoms with Gasteiger partial charge in [-0.1, -0.05) is 0 Å². The Labute approximate surface area is 141 Å². The quantitative estimate of drug-likeness (QED) is 0.799. The minimum Gasteiger partial charge on any atom is -0.486 e. The number of benzene rings is 1. The summed E-state index contributed by atoms with van der Waals surface area (Å²) >= 11 is 0. The number of ether oxygens (including phenoxy) is 1. The molecule has 1 aromatic carbocycles. The minimum atomic E-state index is -3.45. The van der Waals surface area contributed by atoms with Crippen molar-refractivity contribution in [1.82, 2.24) is 8.61 Å². The maximum atomic E-state index is 12.5. The Morgan fingerprint density at radius 3 is 2.54 bits per heavy atom. The van der Waals surface area contributed by atoms with E-state index < -0.39 is 15.8 Å². The molecule has 0 atom stereocenters. The van der Waals surface area contributed by atoms with E-state index in [1.54, 1.807) is 18.2 Å². The number of piperidine rings is 1. The molecule has 2 heterocycles. The Morgan fingerprint density at radius 2 is 1.96 bits per heavy atom. The van der Waals surface area contributed by atoms with Crippen molar-refractivity contribution in [1.29, 1.82) is 5.26 Å². The first-order valence-corrected chi connectivity index (χ1v) is 9.11. The summed E-state index contributed by atoms with van der Waals surface area (Å²) in [6.07, 6.45) is 1.14. The summed E-state index contributed by atoms with van der Waals surface area (Å²) in [5, 5.41) is 8.95. The van der Waals surface area contributed by atoms with Crippen molar-refractivity contribution >= 4 is 16.0 Å². The van der Waals surface area contributed by atoms with E-state index in [4.69, 9.17) is 10.00 Å². The molecular weight excluding hydrogens is 330 g/mol. The third-order valence-corrected chi connectivity index (χ3v) is 6.58. The predicted molar refractivity (Wildman–Crippen MR) is 86.9 cm³/mol. The summed E-state index contributed by atoms with van der Waals surface area (Å²) in [5.41, 5.74) is 0.202. The van der Waals surface area contributed by atoms with Crippen LogP contribution in [0.3, 0.4) is 0 Å². The molecular formula is C16H19N3O4S. The molecule has 2 aliphatic rings. The van der Waals surface area contributed by atoms with E-state index in [-0.39, 0.29) is 12.2 Å². The topological polar surface area (TPSA) is 90.7 Å². The van der Waals surface area contributed by atoms with Crippen LogP contribution in [0.15, 0.2) is 18.2 Å². The zero-order valence-corrected chi connectivity index (χ0v) is 14.5. The van der Waals surface area contributed by atoms with Gasteiger partial charge >= 0.3 is 0 Å². The Bertz CT molecular complexity index is 818. The second-order valence-electron chi connectivity index (χ2n) is 6.40. The van der Waals surface area contributed by atoms with Crippen molar-refractivity contribution in [2.24, 2.45) is 0 Å². The van der Waals surface area contributed by atoms with Gasteiger partial charge in [0.15, 0.2) is 5.78 Å². The number of nitriles is 1. The highest BCUT2D eigenvalue weighted by atomic mass is 32.2. The second kappa shape index (κ2) is 5.84. The number of Topliss-reactive ketones (excluding diaryl/α,β-unsaturated/α-hetero) is 1. The lowest BCUT2D eigenvalue weighted by molar-refractivity contribution is 0.00527. The fraction of sp³-hybridized carbons (Fsp3) is 0.500. The van der Waals surface area contributed by atoms with Crippen molar-refractivity contribution in [3.63, 3.8) is 0 Å². The van der Waals surface area contributed by atoms with E-state index in [1.807, 2.05) is 6.07 Å². The summed E-state index contributed by atoms with van der Waals surface area (Å²) in [6, 6.07) is 6.84. The SMILES string of the molecule is CN(C)S(=O)(=O)N1CCC2(CC1)CC(=O)c1cc(C#N)ccc1O2. The average Bonchev–Trinajstić information content (AvgIpc) is 2.55. The lowest BCUT2D eigenvalue weighted by atomic mass is 9.83. The molecule has 7 nitrogen and oxygen atoms in total. The fourth-order valence-corrected chi connectivity index (χ4v) is 4.30. The van der Waals surface area contributed by atoms with E-state index in [0.29, 0.717) is 42.8 Å². The molecule has 1 aromatic rings. The largest absolute Gasteiger partial charge is 0.486 e. The molecule has 128 valence electrons. The van der Waals surface area contributed by atoms with Gasteiger partial charge in [-0.15, -0.1) is 0 Å². The Balaban J connectivity index is 1.81. The maximum absolute atomic E-state index is 12.5. The van der Waals surface area contributed by atoms with Crippen LogP contribution in [0.2, 0.25) is 0 Å². The number of hydrogen-bond donors (Lipinski definition) is 0. The Hall–Kier alpha value is -1.95. The molecule has 0 aliphatic carbocycles. The highest BCUT2D eigenvalue weighted by Crippen LogP contribution is 2.40. The lowest BCUT2D eigenvalue weighted by Crippen LogP contribution is -2.53. The number of carbonyl (C=O) groups is 1. The summed E-state index contributed by atoms with van der Waals surface area (Å²) in [7, 11) is -0.442. The zero-order valence-electron chi connectivity index (χ0n) is 13.7. The van der Waals surface area contributed by atoms with Crippen molar-refractivity contribution < 1.29 is 17.9 Å². The molecule has 0 N–H and O–H groups in total. The highest BCUT2D eigenvalue weighted by molar-refractivity contribution is 7.86. The molecule has 1 spiro atoms. The number of ketones is 1. The van der Waals surface area contributed by atoms with Gasteiger partial charge in [-0.3, -0.25) is 4.79 Å². The van der Waals surface area contributed by atoms with Crippen LogP contribution in [0.4, 0.5) is 0 Å². The molecule has 1 saturated heterocycles. The second-order valence-corrected chi connectivity index (χ2v) is 8.54. The van der Waals surface area contributed by atoms with Crippen LogP contribution >= 0.6 is 0 Å². The fourth-order valence-electron chi connectivity index (χ4n) is 3.20. The molecule has 0 bridgehead atoms. The maximum Gasteiger partial charge on any atom is 0.281 e. The smallest absolute Gasteiger partial charge is 0.281 e. The third-order valence-electron chi connectivity index (χ3n) is 4.64. The molecule has 3 rings (SSSR count). The molecule has 0 amide bonds. The standard InChI is InChI=1S/C16H19N3O4S/c1-18(2)24(21,22)19-7-5-16(6-8-19)10-14(20)13-9-12(11-17)3-4-15(13)23-16/h3-4,9H,5-8,10H2,1-2H3. The zero-order chi connectivity index (χ0) is 17.5. The van der Waals surface area contributed by atoms with Gasteiger partial charge in [-0.25, -0.2) is 0 Å². The Kier molecular flexibility index (Phi) is 4.11. The van der Waals surface area contributed by atoms with E-state index in [0.717, 1.165) is 0 Å². The van der Waals surface area contributed by atoms with Crippen LogP contribution in [0.25, 0.3) is 0 Å². The first kappa shape index (κ1) is 16.9. The van der Waals surface area contributed by atoms with Gasteiger partial charge in [0.05, 0.1) is 23.6 Å². The van der Waals surface area contributed by atoms with E-state index in [2.05, 4.69) is 0 Å². The lowest BCUT2D eigenvalue weighted by Gasteiger charge is -2.43. The molecule has 0 aromatic heterocycles. The number of fused-ring (bicyclic) bond motifs is 1. The van der Waals surface area contributed by atoms with Crippen molar-refractivity contribution in [3.8, 4) is 11.8 Å². The minimum absolute atomic E-state index is 0.0581.